The zero-order valence-corrected chi connectivity index (χ0v) is 17.5. The Balaban J connectivity index is 1.49. The Kier molecular flexibility index (Phi) is 4.64. The summed E-state index contributed by atoms with van der Waals surface area (Å²) in [6, 6.07) is 8.59. The lowest BCUT2D eigenvalue weighted by Crippen LogP contribution is -2.27. The van der Waals surface area contributed by atoms with E-state index in [1.807, 2.05) is 32.2 Å². The van der Waals surface area contributed by atoms with Crippen LogP contribution in [0.3, 0.4) is 0 Å². The Morgan fingerprint density at radius 1 is 1.26 bits per heavy atom. The number of piperidine rings is 1. The molecule has 1 aliphatic heterocycles. The molecular weight excluding hydrogens is 396 g/mol. The molecule has 8 heteroatoms. The Morgan fingerprint density at radius 2 is 2.00 bits per heavy atom. The van der Waals surface area contributed by atoms with Crippen molar-refractivity contribution in [2.45, 2.75) is 25.9 Å². The van der Waals surface area contributed by atoms with Gasteiger partial charge < -0.3 is 30.4 Å². The van der Waals surface area contributed by atoms with Crippen LogP contribution in [0.25, 0.3) is 22.2 Å². The van der Waals surface area contributed by atoms with Gasteiger partial charge >= 0.3 is 5.97 Å². The van der Waals surface area contributed by atoms with Crippen molar-refractivity contribution in [1.82, 2.24) is 20.2 Å². The van der Waals surface area contributed by atoms with Gasteiger partial charge in [0.2, 0.25) is 0 Å². The van der Waals surface area contributed by atoms with E-state index in [0.717, 1.165) is 47.9 Å². The first kappa shape index (κ1) is 19.8. The number of carboxylic acid groups (broad SMARTS) is 1. The Labute approximate surface area is 178 Å². The summed E-state index contributed by atoms with van der Waals surface area (Å²) in [5, 5.41) is 27.8. The largest absolute Gasteiger partial charge is 0.506 e. The summed E-state index contributed by atoms with van der Waals surface area (Å²) in [5.74, 6) is -0.387. The van der Waals surface area contributed by atoms with Crippen LogP contribution < -0.4 is 16.2 Å². The number of aromatic hydroxyl groups is 1. The van der Waals surface area contributed by atoms with Crippen LogP contribution in [0.2, 0.25) is 0 Å². The zero-order valence-electron chi connectivity index (χ0n) is 17.5. The summed E-state index contributed by atoms with van der Waals surface area (Å²) in [4.78, 5) is 26.3. The Morgan fingerprint density at radius 3 is 2.68 bits per heavy atom. The third-order valence-corrected chi connectivity index (χ3v) is 6.90. The summed E-state index contributed by atoms with van der Waals surface area (Å²) in [6.45, 7) is 4.82. The summed E-state index contributed by atoms with van der Waals surface area (Å²) >= 11 is 0. The van der Waals surface area contributed by atoms with Crippen LogP contribution in [0, 0.1) is 11.8 Å². The van der Waals surface area contributed by atoms with Gasteiger partial charge in [0.25, 0.3) is 5.56 Å². The molecule has 2 fully saturated rings. The molecule has 31 heavy (non-hydrogen) atoms. The molecule has 8 nitrogen and oxygen atoms in total. The number of hydrogen-bond donors (Lipinski definition) is 5. The highest BCUT2D eigenvalue weighted by atomic mass is 16.4. The van der Waals surface area contributed by atoms with Crippen molar-refractivity contribution < 1.29 is 15.0 Å². The van der Waals surface area contributed by atoms with Crippen molar-refractivity contribution in [2.75, 3.05) is 13.1 Å². The predicted molar refractivity (Wildman–Crippen MR) is 117 cm³/mol. The van der Waals surface area contributed by atoms with Crippen LogP contribution in [0.15, 0.2) is 29.1 Å². The molecule has 1 saturated heterocycles. The first-order valence-corrected chi connectivity index (χ1v) is 10.6. The Hall–Kier alpha value is -3.10. The van der Waals surface area contributed by atoms with Crippen molar-refractivity contribution in [1.29, 1.82) is 0 Å². The molecule has 1 saturated carbocycles. The van der Waals surface area contributed by atoms with Crippen LogP contribution in [0.4, 0.5) is 0 Å². The minimum Gasteiger partial charge on any atom is -0.506 e. The number of rotatable bonds is 6. The van der Waals surface area contributed by atoms with E-state index in [0.29, 0.717) is 23.7 Å². The Bertz CT molecular complexity index is 1250. The number of aromatic nitrogens is 2. The van der Waals surface area contributed by atoms with Gasteiger partial charge in [-0.25, -0.2) is 4.79 Å². The number of hydrogen-bond acceptors (Lipinski definition) is 5. The van der Waals surface area contributed by atoms with Gasteiger partial charge in [0.1, 0.15) is 5.75 Å². The molecule has 162 valence electrons. The molecule has 2 aromatic heterocycles. The van der Waals surface area contributed by atoms with Gasteiger partial charge in [-0.1, -0.05) is 13.0 Å². The average Bonchev–Trinajstić information content (AvgIpc) is 3.05. The lowest BCUT2D eigenvalue weighted by Gasteiger charge is -2.12. The summed E-state index contributed by atoms with van der Waals surface area (Å²) < 4.78 is 2.16. The van der Waals surface area contributed by atoms with Gasteiger partial charge in [-0.3, -0.25) is 4.79 Å². The molecule has 2 aliphatic rings. The number of H-pyrrole nitrogens is 1. The number of aromatic carboxylic acids is 1. The van der Waals surface area contributed by atoms with Crippen LogP contribution in [0.1, 0.15) is 28.5 Å². The van der Waals surface area contributed by atoms with E-state index in [-0.39, 0.29) is 0 Å². The van der Waals surface area contributed by atoms with E-state index in [9.17, 15) is 19.8 Å². The van der Waals surface area contributed by atoms with E-state index in [1.54, 1.807) is 0 Å². The lowest BCUT2D eigenvalue weighted by molar-refractivity contribution is 0.0691. The van der Waals surface area contributed by atoms with Crippen LogP contribution in [0.5, 0.6) is 5.75 Å². The van der Waals surface area contributed by atoms with Crippen LogP contribution in [-0.4, -0.2) is 44.9 Å². The second-order valence-electron chi connectivity index (χ2n) is 8.55. The van der Waals surface area contributed by atoms with E-state index >= 15 is 0 Å². The second kappa shape index (κ2) is 7.25. The number of pyridine rings is 1. The van der Waals surface area contributed by atoms with Crippen molar-refractivity contribution >= 4 is 16.9 Å². The normalized spacial score (nSPS) is 22.1. The third kappa shape index (κ3) is 3.14. The molecule has 3 atom stereocenters. The zero-order chi connectivity index (χ0) is 21.9. The summed E-state index contributed by atoms with van der Waals surface area (Å²) in [6.07, 6.45) is 0.388. The van der Waals surface area contributed by atoms with Crippen molar-refractivity contribution in [2.24, 2.45) is 18.9 Å². The van der Waals surface area contributed by atoms with Gasteiger partial charge in [-0.15, -0.1) is 0 Å². The highest BCUT2D eigenvalue weighted by molar-refractivity contribution is 5.92. The average molecular weight is 422 g/mol. The number of carboxylic acids is 1. The molecule has 3 heterocycles. The molecule has 0 spiro atoms. The standard InChI is InChI=1S/C23H26N4O4/c1-3-14-19(26-22(29)18(21(14)28)23(30)31)11-4-5-17-12(6-11)7-13(27(17)2)8-25-20-15-9-24-10-16(15)20/h4-7,15-16,20,24-25H,3,8-10H2,1-2H3,(H,30,31)(H2,26,28,29)/t15-,16+,20?. The monoisotopic (exact) mass is 422 g/mol. The molecule has 1 aliphatic carbocycles. The number of aryl methyl sites for hydroxylation is 1. The number of nitrogens with one attached hydrogen (secondary N) is 3. The minimum absolute atomic E-state index is 0.388. The molecule has 1 aromatic carbocycles. The molecule has 0 bridgehead atoms. The highest BCUT2D eigenvalue weighted by Gasteiger charge is 2.52. The first-order valence-electron chi connectivity index (χ1n) is 10.6. The van der Waals surface area contributed by atoms with Crippen molar-refractivity contribution in [3.8, 4) is 17.0 Å². The maximum absolute atomic E-state index is 12.3. The molecule has 1 unspecified atom stereocenters. The topological polar surface area (TPSA) is 119 Å². The number of benzene rings is 1. The van der Waals surface area contributed by atoms with E-state index in [2.05, 4.69) is 26.3 Å². The fourth-order valence-electron chi connectivity index (χ4n) is 5.09. The second-order valence-corrected chi connectivity index (χ2v) is 8.55. The lowest BCUT2D eigenvalue weighted by atomic mass is 9.99. The van der Waals surface area contributed by atoms with E-state index in [4.69, 9.17) is 0 Å². The van der Waals surface area contributed by atoms with Gasteiger partial charge in [0, 0.05) is 41.8 Å². The predicted octanol–water partition coefficient (Wildman–Crippen LogP) is 1.81. The van der Waals surface area contributed by atoms with Gasteiger partial charge in [0.05, 0.1) is 5.69 Å². The maximum Gasteiger partial charge on any atom is 0.345 e. The third-order valence-electron chi connectivity index (χ3n) is 6.90. The smallest absolute Gasteiger partial charge is 0.345 e. The van der Waals surface area contributed by atoms with Crippen molar-refractivity contribution in [3.63, 3.8) is 0 Å². The fourth-order valence-corrected chi connectivity index (χ4v) is 5.09. The van der Waals surface area contributed by atoms with Gasteiger partial charge in [-0.05, 0) is 55.1 Å². The number of carbonyl (C=O) groups is 1. The molecule has 3 aromatic rings. The molecular formula is C23H26N4O4. The number of aromatic amines is 1. The number of fused-ring (bicyclic) bond motifs is 2. The summed E-state index contributed by atoms with van der Waals surface area (Å²) in [7, 11) is 2.04. The molecule has 0 amide bonds. The minimum atomic E-state index is -1.44. The maximum atomic E-state index is 12.3. The number of nitrogens with zero attached hydrogens (tertiary/aromatic N) is 1. The highest BCUT2D eigenvalue weighted by Crippen LogP contribution is 2.41. The molecule has 5 N–H and O–H groups in total. The fraction of sp³-hybridized carbons (Fsp3) is 0.391. The van der Waals surface area contributed by atoms with Crippen LogP contribution in [-0.2, 0) is 20.0 Å². The quantitative estimate of drug-likeness (QED) is 0.413. The molecule has 0 radical (unpaired) electrons. The van der Waals surface area contributed by atoms with E-state index < -0.39 is 22.8 Å². The first-order chi connectivity index (χ1) is 14.9. The molecule has 5 rings (SSSR count). The van der Waals surface area contributed by atoms with Crippen LogP contribution >= 0.6 is 0 Å². The summed E-state index contributed by atoms with van der Waals surface area (Å²) in [5.41, 5.74) is 2.45. The van der Waals surface area contributed by atoms with E-state index in [1.165, 1.54) is 5.69 Å². The van der Waals surface area contributed by atoms with Crippen molar-refractivity contribution in [3.05, 3.63) is 51.4 Å². The van der Waals surface area contributed by atoms with Gasteiger partial charge in [0.15, 0.2) is 5.56 Å². The SMILES string of the molecule is CCc1c(-c2ccc3c(c2)cc(CNC2[C@H]4CNC[C@@H]24)n3C)[nH]c(=O)c(C(=O)O)c1O. The van der Waals surface area contributed by atoms with Gasteiger partial charge in [-0.2, -0.15) is 0 Å².